The maximum Gasteiger partial charge on any atom is 0.231 e. The van der Waals surface area contributed by atoms with Crippen molar-refractivity contribution in [3.8, 4) is 11.5 Å². The number of ether oxygens (including phenoxy) is 2. The minimum absolute atomic E-state index is 0.131. The molecular weight excluding hydrogens is 439 g/mol. The molecule has 0 saturated carbocycles. The van der Waals surface area contributed by atoms with E-state index in [2.05, 4.69) is 48.5 Å². The third kappa shape index (κ3) is 2.89. The highest BCUT2D eigenvalue weighted by Crippen LogP contribution is 2.39. The van der Waals surface area contributed by atoms with Gasteiger partial charge < -0.3 is 9.47 Å². The van der Waals surface area contributed by atoms with Crippen LogP contribution >= 0.6 is 22.7 Å². The van der Waals surface area contributed by atoms with Crippen LogP contribution in [-0.4, -0.2) is 6.79 Å². The van der Waals surface area contributed by atoms with E-state index >= 15 is 0 Å². The lowest BCUT2D eigenvalue weighted by atomic mass is 10.0. The molecule has 32 heavy (non-hydrogen) atoms. The molecule has 0 spiro atoms. The lowest BCUT2D eigenvalue weighted by Gasteiger charge is -2.05. The zero-order valence-electron chi connectivity index (χ0n) is 17.0. The van der Waals surface area contributed by atoms with E-state index in [1.165, 1.54) is 42.6 Å². The molecule has 1 aliphatic heterocycles. The van der Waals surface area contributed by atoms with Gasteiger partial charge in [0, 0.05) is 25.0 Å². The minimum Gasteiger partial charge on any atom is -0.454 e. The molecule has 0 N–H and O–H groups in total. The second-order valence-electron chi connectivity index (χ2n) is 8.21. The predicted octanol–water partition coefficient (Wildman–Crippen LogP) is 8.08. The first-order valence-corrected chi connectivity index (χ1v) is 12.2. The highest BCUT2D eigenvalue weighted by molar-refractivity contribution is 7.20. The van der Waals surface area contributed by atoms with Crippen LogP contribution in [0.4, 0.5) is 4.39 Å². The summed E-state index contributed by atoms with van der Waals surface area (Å²) in [5.41, 5.74) is 1.26. The molecule has 0 saturated heterocycles. The lowest BCUT2D eigenvalue weighted by molar-refractivity contribution is 0.174. The predicted molar refractivity (Wildman–Crippen MR) is 132 cm³/mol. The molecule has 1 aliphatic rings. The van der Waals surface area contributed by atoms with E-state index in [1.807, 2.05) is 23.5 Å². The molecule has 0 amide bonds. The van der Waals surface area contributed by atoms with Crippen LogP contribution < -0.4 is 9.47 Å². The van der Waals surface area contributed by atoms with Gasteiger partial charge in [-0.2, -0.15) is 4.39 Å². The van der Waals surface area contributed by atoms with Crippen LogP contribution in [-0.2, 0) is 12.8 Å². The van der Waals surface area contributed by atoms with Gasteiger partial charge in [-0.1, -0.05) is 30.3 Å². The summed E-state index contributed by atoms with van der Waals surface area (Å²) >= 11 is 3.10. The van der Waals surface area contributed by atoms with Crippen molar-refractivity contribution >= 4 is 64.4 Å². The number of halogens is 1. The molecule has 0 unspecified atom stereocenters. The van der Waals surface area contributed by atoms with Crippen LogP contribution in [0.1, 0.15) is 10.4 Å². The molecule has 0 aliphatic carbocycles. The van der Waals surface area contributed by atoms with E-state index in [0.717, 1.165) is 45.2 Å². The summed E-state index contributed by atoms with van der Waals surface area (Å²) in [5, 5.41) is 6.89. The first-order valence-electron chi connectivity index (χ1n) is 10.6. The van der Waals surface area contributed by atoms with Crippen LogP contribution in [0.3, 0.4) is 0 Å². The summed E-state index contributed by atoms with van der Waals surface area (Å²) in [5.74, 6) is 1.67. The fourth-order valence-corrected chi connectivity index (χ4v) is 6.75. The zero-order valence-corrected chi connectivity index (χ0v) is 18.6. The smallest absolute Gasteiger partial charge is 0.231 e. The molecule has 5 heteroatoms. The molecule has 0 bridgehead atoms. The van der Waals surface area contributed by atoms with E-state index in [-0.39, 0.29) is 5.13 Å². The Morgan fingerprint density at radius 2 is 1.34 bits per heavy atom. The Morgan fingerprint density at radius 3 is 2.16 bits per heavy atom. The molecule has 0 atom stereocenters. The van der Waals surface area contributed by atoms with E-state index in [4.69, 9.17) is 9.47 Å². The van der Waals surface area contributed by atoms with Crippen molar-refractivity contribution in [2.45, 2.75) is 12.8 Å². The third-order valence-corrected chi connectivity index (χ3v) is 8.45. The van der Waals surface area contributed by atoms with Gasteiger partial charge in [0.15, 0.2) is 16.6 Å². The number of hydrogen-bond donors (Lipinski definition) is 0. The fourth-order valence-electron chi connectivity index (χ4n) is 4.65. The van der Waals surface area contributed by atoms with Crippen molar-refractivity contribution in [2.75, 3.05) is 6.79 Å². The van der Waals surface area contributed by atoms with Gasteiger partial charge in [0.05, 0.1) is 0 Å². The standard InChI is InChI=1S/C27H17FO2S2/c28-25-13-19-6-4-17-11-21-16(12-22(17)27(19)32-25)3-5-18-10-20(31-26(18)21)7-1-15-2-8-23-24(9-15)30-14-29-23/h2-6,8-13H,1,7,14H2. The van der Waals surface area contributed by atoms with E-state index < -0.39 is 0 Å². The maximum atomic E-state index is 13.8. The SMILES string of the molecule is Fc1cc2ccc3cc4c(ccc5cc(CCc6ccc7c(c6)OCO7)sc54)cc3c2s1. The van der Waals surface area contributed by atoms with E-state index in [9.17, 15) is 4.39 Å². The van der Waals surface area contributed by atoms with Crippen molar-refractivity contribution in [1.82, 2.24) is 0 Å². The van der Waals surface area contributed by atoms with Gasteiger partial charge in [-0.15, -0.1) is 22.7 Å². The van der Waals surface area contributed by atoms with Crippen LogP contribution in [0, 0.1) is 5.13 Å². The van der Waals surface area contributed by atoms with Crippen molar-refractivity contribution in [3.05, 3.63) is 82.3 Å². The molecule has 7 rings (SSSR count). The second-order valence-corrected chi connectivity index (χ2v) is 10.4. The van der Waals surface area contributed by atoms with Crippen LogP contribution in [0.5, 0.6) is 11.5 Å². The molecule has 2 nitrogen and oxygen atoms in total. The number of thiophene rings is 2. The van der Waals surface area contributed by atoms with Gasteiger partial charge in [-0.05, 0) is 76.3 Å². The molecule has 6 aromatic rings. The van der Waals surface area contributed by atoms with Gasteiger partial charge in [0.25, 0.3) is 0 Å². The summed E-state index contributed by atoms with van der Waals surface area (Å²) in [4.78, 5) is 1.38. The van der Waals surface area contributed by atoms with E-state index in [1.54, 1.807) is 6.07 Å². The number of hydrogen-bond acceptors (Lipinski definition) is 4. The van der Waals surface area contributed by atoms with Gasteiger partial charge in [-0.25, -0.2) is 0 Å². The monoisotopic (exact) mass is 456 g/mol. The molecular formula is C27H17FO2S2. The Kier molecular flexibility index (Phi) is 3.99. The summed E-state index contributed by atoms with van der Waals surface area (Å²) in [6, 6.07) is 23.2. The molecule has 0 fully saturated rings. The van der Waals surface area contributed by atoms with Crippen LogP contribution in [0.25, 0.3) is 41.7 Å². The molecule has 2 aromatic heterocycles. The topological polar surface area (TPSA) is 18.5 Å². The Bertz CT molecular complexity index is 1680. The largest absolute Gasteiger partial charge is 0.454 e. The lowest BCUT2D eigenvalue weighted by Crippen LogP contribution is -1.93. The molecule has 4 aromatic carbocycles. The van der Waals surface area contributed by atoms with Crippen molar-refractivity contribution in [3.63, 3.8) is 0 Å². The maximum absolute atomic E-state index is 13.8. The third-order valence-electron chi connectivity index (χ3n) is 6.24. The number of benzene rings is 4. The zero-order chi connectivity index (χ0) is 21.2. The summed E-state index contributed by atoms with van der Waals surface area (Å²) in [6.07, 6.45) is 1.95. The van der Waals surface area contributed by atoms with Crippen molar-refractivity contribution in [1.29, 1.82) is 0 Å². The molecule has 0 radical (unpaired) electrons. The van der Waals surface area contributed by atoms with E-state index in [0.29, 0.717) is 6.79 Å². The summed E-state index contributed by atoms with van der Waals surface area (Å²) < 4.78 is 27.1. The Morgan fingerprint density at radius 1 is 0.656 bits per heavy atom. The molecule has 3 heterocycles. The Labute approximate surface area is 191 Å². The Balaban J connectivity index is 1.28. The van der Waals surface area contributed by atoms with Gasteiger partial charge in [0.1, 0.15) is 0 Å². The normalized spacial score (nSPS) is 13.2. The van der Waals surface area contributed by atoms with Crippen LogP contribution in [0.15, 0.2) is 66.7 Å². The fraction of sp³-hybridized carbons (Fsp3) is 0.111. The average Bonchev–Trinajstić information content (AvgIpc) is 3.53. The average molecular weight is 457 g/mol. The van der Waals surface area contributed by atoms with Gasteiger partial charge >= 0.3 is 0 Å². The highest BCUT2D eigenvalue weighted by atomic mass is 32.1. The second kappa shape index (κ2) is 6.92. The summed E-state index contributed by atoms with van der Waals surface area (Å²) in [6.45, 7) is 0.309. The van der Waals surface area contributed by atoms with Crippen LogP contribution in [0.2, 0.25) is 0 Å². The first-order chi connectivity index (χ1) is 15.7. The van der Waals surface area contributed by atoms with Gasteiger partial charge in [-0.3, -0.25) is 0 Å². The van der Waals surface area contributed by atoms with Crippen molar-refractivity contribution < 1.29 is 13.9 Å². The summed E-state index contributed by atoms with van der Waals surface area (Å²) in [7, 11) is 0. The quantitative estimate of drug-likeness (QED) is 0.251. The van der Waals surface area contributed by atoms with Gasteiger partial charge in [0.2, 0.25) is 6.79 Å². The number of rotatable bonds is 3. The number of aryl methyl sites for hydroxylation is 2. The minimum atomic E-state index is -0.131. The van der Waals surface area contributed by atoms with Crippen molar-refractivity contribution in [2.24, 2.45) is 0 Å². The molecule has 156 valence electrons. The highest BCUT2D eigenvalue weighted by Gasteiger charge is 2.14. The Hall–Kier alpha value is -3.15. The number of fused-ring (bicyclic) bond motifs is 7. The first kappa shape index (κ1) is 18.4.